The number of ether oxygens (including phenoxy) is 1. The van der Waals surface area contributed by atoms with Crippen molar-refractivity contribution in [2.45, 2.75) is 25.9 Å². The van der Waals surface area contributed by atoms with Crippen LogP contribution < -0.4 is 0 Å². The Kier molecular flexibility index (Phi) is 5.93. The van der Waals surface area contributed by atoms with E-state index in [4.69, 9.17) is 4.74 Å². The minimum Gasteiger partial charge on any atom is -0.389 e. The summed E-state index contributed by atoms with van der Waals surface area (Å²) < 4.78 is 30.6. The molecule has 1 aliphatic heterocycles. The summed E-state index contributed by atoms with van der Waals surface area (Å²) in [7, 11) is -1.86. The van der Waals surface area contributed by atoms with E-state index in [0.717, 1.165) is 0 Å². The molecule has 1 aliphatic rings. The van der Waals surface area contributed by atoms with E-state index < -0.39 is 15.6 Å². The highest BCUT2D eigenvalue weighted by atomic mass is 32.2. The van der Waals surface area contributed by atoms with Gasteiger partial charge in [-0.15, -0.1) is 0 Å². The van der Waals surface area contributed by atoms with Gasteiger partial charge in [0.25, 0.3) is 0 Å². The number of carbonyl (C=O) groups excluding carboxylic acids is 1. The molecule has 1 fully saturated rings. The first-order valence-corrected chi connectivity index (χ1v) is 8.25. The second-order valence-corrected chi connectivity index (χ2v) is 7.73. The van der Waals surface area contributed by atoms with E-state index in [0.29, 0.717) is 26.3 Å². The highest BCUT2D eigenvalue weighted by Crippen LogP contribution is 2.09. The van der Waals surface area contributed by atoms with Crippen LogP contribution in [0.1, 0.15) is 20.3 Å². The number of hydrogen-bond acceptors (Lipinski definition) is 5. The number of carbonyl (C=O) groups is 1. The number of likely N-dealkylation sites (N-methyl/N-ethyl adjacent to an activating group) is 1. The summed E-state index contributed by atoms with van der Waals surface area (Å²) >= 11 is 0. The van der Waals surface area contributed by atoms with Crippen molar-refractivity contribution in [2.24, 2.45) is 0 Å². The van der Waals surface area contributed by atoms with Gasteiger partial charge in [-0.1, -0.05) is 0 Å². The third-order valence-electron chi connectivity index (χ3n) is 2.99. The maximum absolute atomic E-state index is 12.0. The normalized spacial score (nSPS) is 18.0. The van der Waals surface area contributed by atoms with Crippen molar-refractivity contribution in [3.05, 3.63) is 0 Å². The zero-order valence-electron chi connectivity index (χ0n) is 12.3. The number of rotatable bonds is 6. The number of sulfonamides is 1. The third kappa shape index (κ3) is 5.74. The fourth-order valence-corrected chi connectivity index (χ4v) is 3.43. The fourth-order valence-electron chi connectivity index (χ4n) is 2.03. The molecule has 0 saturated carbocycles. The summed E-state index contributed by atoms with van der Waals surface area (Å²) in [6, 6.07) is 0. The molecular weight excluding hydrogens is 284 g/mol. The fraction of sp³-hybridized carbons (Fsp3) is 0.917. The molecule has 0 aliphatic carbocycles. The van der Waals surface area contributed by atoms with E-state index in [1.807, 2.05) is 0 Å². The molecule has 1 amide bonds. The van der Waals surface area contributed by atoms with Gasteiger partial charge in [-0.25, -0.2) is 8.42 Å². The average molecular weight is 308 g/mol. The van der Waals surface area contributed by atoms with E-state index in [-0.39, 0.29) is 24.6 Å². The zero-order valence-corrected chi connectivity index (χ0v) is 13.1. The summed E-state index contributed by atoms with van der Waals surface area (Å²) in [5.74, 6) is -0.494. The molecule has 20 heavy (non-hydrogen) atoms. The maximum Gasteiger partial charge on any atom is 0.223 e. The number of morpholine rings is 1. The highest BCUT2D eigenvalue weighted by Gasteiger charge is 2.26. The van der Waals surface area contributed by atoms with Crippen LogP contribution >= 0.6 is 0 Å². The first kappa shape index (κ1) is 17.4. The van der Waals surface area contributed by atoms with Gasteiger partial charge in [-0.2, -0.15) is 4.31 Å². The lowest BCUT2D eigenvalue weighted by Crippen LogP contribution is -2.43. The van der Waals surface area contributed by atoms with Crippen LogP contribution in [-0.4, -0.2) is 79.9 Å². The van der Waals surface area contributed by atoms with Crippen molar-refractivity contribution in [2.75, 3.05) is 45.6 Å². The van der Waals surface area contributed by atoms with Gasteiger partial charge in [0.15, 0.2) is 0 Å². The number of amides is 1. The predicted molar refractivity (Wildman–Crippen MR) is 74.7 cm³/mol. The Morgan fingerprint density at radius 1 is 1.35 bits per heavy atom. The van der Waals surface area contributed by atoms with Crippen LogP contribution in [0.2, 0.25) is 0 Å². The zero-order chi connectivity index (χ0) is 15.4. The Balaban J connectivity index is 2.47. The molecule has 0 atom stereocenters. The van der Waals surface area contributed by atoms with Gasteiger partial charge in [0.1, 0.15) is 0 Å². The van der Waals surface area contributed by atoms with Gasteiger partial charge in [0.05, 0.1) is 24.6 Å². The lowest BCUT2D eigenvalue weighted by molar-refractivity contribution is -0.132. The average Bonchev–Trinajstić information content (AvgIpc) is 2.35. The molecule has 1 rings (SSSR count). The summed E-state index contributed by atoms with van der Waals surface area (Å²) in [6.45, 7) is 4.84. The van der Waals surface area contributed by atoms with Crippen LogP contribution in [0.25, 0.3) is 0 Å². The van der Waals surface area contributed by atoms with Crippen LogP contribution in [0.4, 0.5) is 0 Å². The van der Waals surface area contributed by atoms with Gasteiger partial charge < -0.3 is 14.7 Å². The van der Waals surface area contributed by atoms with Gasteiger partial charge >= 0.3 is 0 Å². The standard InChI is InChI=1S/C12H24N2O5S/c1-12(2,16)10-13(3)11(15)4-9-20(17,18)14-5-7-19-8-6-14/h16H,4-10H2,1-3H3. The molecule has 118 valence electrons. The molecule has 0 unspecified atom stereocenters. The Hall–Kier alpha value is -0.700. The smallest absolute Gasteiger partial charge is 0.223 e. The Morgan fingerprint density at radius 3 is 2.40 bits per heavy atom. The van der Waals surface area contributed by atoms with Crippen molar-refractivity contribution in [3.8, 4) is 0 Å². The molecule has 0 aromatic rings. The number of hydrogen-bond donors (Lipinski definition) is 1. The van der Waals surface area contributed by atoms with Gasteiger partial charge in [-0.05, 0) is 13.8 Å². The van der Waals surface area contributed by atoms with Gasteiger partial charge in [0, 0.05) is 33.1 Å². The summed E-state index contributed by atoms with van der Waals surface area (Å²) in [4.78, 5) is 13.2. The molecule has 0 spiro atoms. The van der Waals surface area contributed by atoms with Crippen molar-refractivity contribution >= 4 is 15.9 Å². The molecule has 1 heterocycles. The molecule has 0 aromatic carbocycles. The van der Waals surface area contributed by atoms with Crippen LogP contribution in [-0.2, 0) is 19.6 Å². The predicted octanol–water partition coefficient (Wildman–Crippen LogP) is -0.732. The molecular formula is C12H24N2O5S. The quantitative estimate of drug-likeness (QED) is 0.699. The molecule has 0 aromatic heterocycles. The van der Waals surface area contributed by atoms with Crippen LogP contribution in [0.3, 0.4) is 0 Å². The first-order chi connectivity index (χ1) is 9.12. The molecule has 0 radical (unpaired) electrons. The van der Waals surface area contributed by atoms with E-state index in [1.54, 1.807) is 20.9 Å². The van der Waals surface area contributed by atoms with E-state index in [1.165, 1.54) is 9.21 Å². The Morgan fingerprint density at radius 2 is 1.90 bits per heavy atom. The van der Waals surface area contributed by atoms with Crippen molar-refractivity contribution in [1.82, 2.24) is 9.21 Å². The third-order valence-corrected chi connectivity index (χ3v) is 4.86. The van der Waals surface area contributed by atoms with Crippen LogP contribution in [0.5, 0.6) is 0 Å². The number of aliphatic hydroxyl groups is 1. The van der Waals surface area contributed by atoms with E-state index >= 15 is 0 Å². The largest absolute Gasteiger partial charge is 0.389 e. The second-order valence-electron chi connectivity index (χ2n) is 5.64. The van der Waals surface area contributed by atoms with Gasteiger partial charge in [-0.3, -0.25) is 4.79 Å². The monoisotopic (exact) mass is 308 g/mol. The lowest BCUT2D eigenvalue weighted by Gasteiger charge is -2.27. The Labute approximate surface area is 120 Å². The summed E-state index contributed by atoms with van der Waals surface area (Å²) in [6.07, 6.45) is -0.0771. The van der Waals surface area contributed by atoms with Crippen molar-refractivity contribution < 1.29 is 23.1 Å². The summed E-state index contributed by atoms with van der Waals surface area (Å²) in [5.41, 5.74) is -0.993. The van der Waals surface area contributed by atoms with Crippen LogP contribution in [0, 0.1) is 0 Å². The molecule has 8 heteroatoms. The lowest BCUT2D eigenvalue weighted by atomic mass is 10.1. The SMILES string of the molecule is CN(CC(C)(C)O)C(=O)CCS(=O)(=O)N1CCOCC1. The molecule has 7 nitrogen and oxygen atoms in total. The maximum atomic E-state index is 12.0. The molecule has 1 N–H and O–H groups in total. The topological polar surface area (TPSA) is 87.2 Å². The number of nitrogens with zero attached hydrogens (tertiary/aromatic N) is 2. The van der Waals surface area contributed by atoms with Crippen molar-refractivity contribution in [3.63, 3.8) is 0 Å². The minimum atomic E-state index is -3.41. The van der Waals surface area contributed by atoms with Crippen LogP contribution in [0.15, 0.2) is 0 Å². The molecule has 1 saturated heterocycles. The first-order valence-electron chi connectivity index (χ1n) is 6.64. The molecule has 0 bridgehead atoms. The van der Waals surface area contributed by atoms with Gasteiger partial charge in [0.2, 0.25) is 15.9 Å². The van der Waals surface area contributed by atoms with E-state index in [9.17, 15) is 18.3 Å². The highest BCUT2D eigenvalue weighted by molar-refractivity contribution is 7.89. The van der Waals surface area contributed by atoms with E-state index in [2.05, 4.69) is 0 Å². The minimum absolute atomic E-state index is 0.0771. The Bertz CT molecular complexity index is 424. The summed E-state index contributed by atoms with van der Waals surface area (Å²) in [5, 5.41) is 9.63. The van der Waals surface area contributed by atoms with Crippen molar-refractivity contribution in [1.29, 1.82) is 0 Å². The second kappa shape index (κ2) is 6.84.